The van der Waals surface area contributed by atoms with Crippen molar-refractivity contribution in [2.75, 3.05) is 13.1 Å². The molecule has 3 rings (SSSR count). The highest BCUT2D eigenvalue weighted by molar-refractivity contribution is 5.68. The lowest BCUT2D eigenvalue weighted by atomic mass is 10.1. The van der Waals surface area contributed by atoms with Gasteiger partial charge >= 0.3 is 6.09 Å². The summed E-state index contributed by atoms with van der Waals surface area (Å²) in [6.45, 7) is 7.55. The monoisotopic (exact) mass is 342 g/mol. The van der Waals surface area contributed by atoms with Gasteiger partial charge in [0.1, 0.15) is 5.60 Å². The van der Waals surface area contributed by atoms with Crippen LogP contribution in [0.2, 0.25) is 0 Å². The molecule has 1 aromatic heterocycles. The number of carbonyl (C=O) groups excluding carboxylic acids is 1. The number of benzene rings is 1. The van der Waals surface area contributed by atoms with Crippen molar-refractivity contribution < 1.29 is 9.53 Å². The Morgan fingerprint density at radius 1 is 1.28 bits per heavy atom. The minimum absolute atomic E-state index is 0.244. The number of aromatic nitrogens is 2. The Hall–Kier alpha value is -2.34. The fourth-order valence-electron chi connectivity index (χ4n) is 2.98. The molecule has 6 heteroatoms. The zero-order valence-corrected chi connectivity index (χ0v) is 15.1. The molecule has 2 N–H and O–H groups in total. The molecule has 1 aromatic carbocycles. The van der Waals surface area contributed by atoms with Gasteiger partial charge in [-0.3, -0.25) is 0 Å². The van der Waals surface area contributed by atoms with E-state index in [-0.39, 0.29) is 12.0 Å². The molecule has 2 aromatic rings. The third-order valence-electron chi connectivity index (χ3n) is 4.30. The van der Waals surface area contributed by atoms with Crippen molar-refractivity contribution in [2.45, 2.75) is 45.3 Å². The van der Waals surface area contributed by atoms with E-state index in [0.29, 0.717) is 19.6 Å². The normalized spacial score (nSPS) is 17.8. The molecular weight excluding hydrogens is 316 g/mol. The summed E-state index contributed by atoms with van der Waals surface area (Å²) in [7, 11) is 0. The van der Waals surface area contributed by atoms with E-state index < -0.39 is 5.60 Å². The van der Waals surface area contributed by atoms with E-state index in [1.54, 1.807) is 4.90 Å². The smallest absolute Gasteiger partial charge is 0.410 e. The van der Waals surface area contributed by atoms with Crippen molar-refractivity contribution in [1.82, 2.24) is 14.7 Å². The van der Waals surface area contributed by atoms with Gasteiger partial charge in [0.2, 0.25) is 0 Å². The molecule has 6 nitrogen and oxygen atoms in total. The summed E-state index contributed by atoms with van der Waals surface area (Å²) in [5.74, 6) is 0.247. The SMILES string of the molecule is CC(C)(C)OC(=O)N1CCC(c2ccn(-c3ccc(CN)cc3)n2)C1. The molecule has 2 heterocycles. The van der Waals surface area contributed by atoms with Gasteiger partial charge in [0.15, 0.2) is 0 Å². The van der Waals surface area contributed by atoms with Crippen LogP contribution in [0.1, 0.15) is 44.4 Å². The number of ether oxygens (including phenoxy) is 1. The quantitative estimate of drug-likeness (QED) is 0.930. The molecule has 1 amide bonds. The van der Waals surface area contributed by atoms with E-state index in [1.807, 2.05) is 62.0 Å². The summed E-state index contributed by atoms with van der Waals surface area (Å²) < 4.78 is 7.32. The topological polar surface area (TPSA) is 73.4 Å². The molecule has 0 saturated carbocycles. The number of carbonyl (C=O) groups is 1. The Balaban J connectivity index is 1.66. The van der Waals surface area contributed by atoms with Crippen LogP contribution in [0, 0.1) is 0 Å². The predicted octanol–water partition coefficient (Wildman–Crippen LogP) is 3.06. The molecule has 0 aliphatic carbocycles. The Morgan fingerprint density at radius 3 is 2.64 bits per heavy atom. The van der Waals surface area contributed by atoms with E-state index in [0.717, 1.165) is 23.4 Å². The number of hydrogen-bond acceptors (Lipinski definition) is 4. The molecule has 1 aliphatic rings. The number of hydrogen-bond donors (Lipinski definition) is 1. The summed E-state index contributed by atoms with van der Waals surface area (Å²) in [4.78, 5) is 14.0. The van der Waals surface area contributed by atoms with E-state index >= 15 is 0 Å². The van der Waals surface area contributed by atoms with Crippen molar-refractivity contribution >= 4 is 6.09 Å². The van der Waals surface area contributed by atoms with Gasteiger partial charge < -0.3 is 15.4 Å². The van der Waals surface area contributed by atoms with Gasteiger partial charge in [-0.25, -0.2) is 9.48 Å². The van der Waals surface area contributed by atoms with E-state index in [9.17, 15) is 4.79 Å². The van der Waals surface area contributed by atoms with Gasteiger partial charge in [0, 0.05) is 31.7 Å². The molecule has 0 spiro atoms. The number of likely N-dealkylation sites (tertiary alicyclic amines) is 1. The summed E-state index contributed by atoms with van der Waals surface area (Å²) >= 11 is 0. The zero-order valence-electron chi connectivity index (χ0n) is 15.1. The number of nitrogens with zero attached hydrogens (tertiary/aromatic N) is 3. The maximum atomic E-state index is 12.2. The molecule has 0 radical (unpaired) electrons. The van der Waals surface area contributed by atoms with Crippen molar-refractivity contribution in [2.24, 2.45) is 5.73 Å². The largest absolute Gasteiger partial charge is 0.444 e. The number of rotatable bonds is 3. The van der Waals surface area contributed by atoms with E-state index in [1.165, 1.54) is 0 Å². The first-order chi connectivity index (χ1) is 11.9. The van der Waals surface area contributed by atoms with Gasteiger partial charge in [0.25, 0.3) is 0 Å². The third-order valence-corrected chi connectivity index (χ3v) is 4.30. The lowest BCUT2D eigenvalue weighted by Crippen LogP contribution is -2.35. The fourth-order valence-corrected chi connectivity index (χ4v) is 2.98. The standard InChI is InChI=1S/C19H26N4O2/c1-19(2,3)25-18(24)22-10-8-15(13-22)17-9-11-23(21-17)16-6-4-14(12-20)5-7-16/h4-7,9,11,15H,8,10,12-13,20H2,1-3H3. The highest BCUT2D eigenvalue weighted by atomic mass is 16.6. The lowest BCUT2D eigenvalue weighted by Gasteiger charge is -2.24. The first kappa shape index (κ1) is 17.5. The summed E-state index contributed by atoms with van der Waals surface area (Å²) in [5, 5.41) is 4.69. The Labute approximate surface area is 148 Å². The average molecular weight is 342 g/mol. The molecule has 1 fully saturated rings. The Kier molecular flexibility index (Phi) is 4.81. The van der Waals surface area contributed by atoms with Gasteiger partial charge in [-0.15, -0.1) is 0 Å². The maximum absolute atomic E-state index is 12.2. The maximum Gasteiger partial charge on any atom is 0.410 e. The van der Waals surface area contributed by atoms with E-state index in [4.69, 9.17) is 15.6 Å². The number of nitrogens with two attached hydrogens (primary N) is 1. The molecule has 1 unspecified atom stereocenters. The molecule has 1 atom stereocenters. The van der Waals surface area contributed by atoms with Crippen LogP contribution in [-0.4, -0.2) is 39.5 Å². The second-order valence-corrected chi connectivity index (χ2v) is 7.47. The Morgan fingerprint density at radius 2 is 2.00 bits per heavy atom. The first-order valence-electron chi connectivity index (χ1n) is 8.68. The van der Waals surface area contributed by atoms with E-state index in [2.05, 4.69) is 0 Å². The van der Waals surface area contributed by atoms with Crippen LogP contribution in [0.4, 0.5) is 4.79 Å². The van der Waals surface area contributed by atoms with Crippen molar-refractivity contribution in [3.8, 4) is 5.69 Å². The number of amides is 1. The van der Waals surface area contributed by atoms with Crippen LogP contribution in [0.25, 0.3) is 5.69 Å². The van der Waals surface area contributed by atoms with Crippen LogP contribution in [0.5, 0.6) is 0 Å². The first-order valence-corrected chi connectivity index (χ1v) is 8.68. The van der Waals surface area contributed by atoms with Gasteiger partial charge in [-0.05, 0) is 51.0 Å². The lowest BCUT2D eigenvalue weighted by molar-refractivity contribution is 0.0292. The molecule has 0 bridgehead atoms. The van der Waals surface area contributed by atoms with Gasteiger partial charge in [0.05, 0.1) is 11.4 Å². The minimum Gasteiger partial charge on any atom is -0.444 e. The van der Waals surface area contributed by atoms with Gasteiger partial charge in [-0.1, -0.05) is 12.1 Å². The van der Waals surface area contributed by atoms with Crippen molar-refractivity contribution in [3.63, 3.8) is 0 Å². The van der Waals surface area contributed by atoms with Gasteiger partial charge in [-0.2, -0.15) is 5.10 Å². The summed E-state index contributed by atoms with van der Waals surface area (Å²) in [6, 6.07) is 10.1. The fraction of sp³-hybridized carbons (Fsp3) is 0.474. The van der Waals surface area contributed by atoms with Crippen LogP contribution in [0.15, 0.2) is 36.5 Å². The molecular formula is C19H26N4O2. The van der Waals surface area contributed by atoms with Crippen molar-refractivity contribution in [3.05, 3.63) is 47.8 Å². The predicted molar refractivity (Wildman–Crippen MR) is 96.6 cm³/mol. The Bertz CT molecular complexity index is 731. The third kappa shape index (κ3) is 4.20. The van der Waals surface area contributed by atoms with Crippen LogP contribution < -0.4 is 5.73 Å². The second-order valence-electron chi connectivity index (χ2n) is 7.47. The summed E-state index contributed by atoms with van der Waals surface area (Å²) in [5.41, 5.74) is 8.28. The van der Waals surface area contributed by atoms with Crippen LogP contribution in [0.3, 0.4) is 0 Å². The highest BCUT2D eigenvalue weighted by Gasteiger charge is 2.31. The van der Waals surface area contributed by atoms with Crippen LogP contribution in [-0.2, 0) is 11.3 Å². The minimum atomic E-state index is -0.466. The highest BCUT2D eigenvalue weighted by Crippen LogP contribution is 2.27. The molecule has 1 aliphatic heterocycles. The molecule has 1 saturated heterocycles. The summed E-state index contributed by atoms with van der Waals surface area (Å²) in [6.07, 6.45) is 2.62. The zero-order chi connectivity index (χ0) is 18.0. The second kappa shape index (κ2) is 6.88. The molecule has 134 valence electrons. The molecule has 25 heavy (non-hydrogen) atoms. The van der Waals surface area contributed by atoms with Crippen molar-refractivity contribution in [1.29, 1.82) is 0 Å². The average Bonchev–Trinajstić information content (AvgIpc) is 3.22. The van der Waals surface area contributed by atoms with Crippen LogP contribution >= 0.6 is 0 Å².